The van der Waals surface area contributed by atoms with Gasteiger partial charge in [-0.2, -0.15) is 0 Å². The number of para-hydroxylation sites is 1. The first-order chi connectivity index (χ1) is 9.12. The molecule has 1 atom stereocenters. The minimum absolute atomic E-state index is 0.0234. The number of ether oxygens (including phenoxy) is 1. The van der Waals surface area contributed by atoms with Gasteiger partial charge in [0, 0.05) is 18.6 Å². The van der Waals surface area contributed by atoms with Gasteiger partial charge in [0.1, 0.15) is 5.75 Å². The molecule has 1 aliphatic heterocycles. The third-order valence-electron chi connectivity index (χ3n) is 3.10. The molecule has 0 saturated carbocycles. The van der Waals surface area contributed by atoms with Gasteiger partial charge in [0.15, 0.2) is 0 Å². The van der Waals surface area contributed by atoms with Gasteiger partial charge in [-0.3, -0.25) is 0 Å². The number of nitrogens with one attached hydrogen (secondary N) is 1. The Morgan fingerprint density at radius 1 is 1.32 bits per heavy atom. The molecule has 19 heavy (non-hydrogen) atoms. The monoisotopic (exact) mass is 285 g/mol. The van der Waals surface area contributed by atoms with Gasteiger partial charge in [-0.15, -0.1) is 0 Å². The van der Waals surface area contributed by atoms with Gasteiger partial charge in [-0.05, 0) is 18.9 Å². The van der Waals surface area contributed by atoms with E-state index in [-0.39, 0.29) is 18.4 Å². The SMILES string of the molecule is O=S(=O)(CCCCO)NC1CCOc2ccccc21. The van der Waals surface area contributed by atoms with Crippen molar-refractivity contribution in [3.63, 3.8) is 0 Å². The maximum atomic E-state index is 11.9. The van der Waals surface area contributed by atoms with E-state index in [9.17, 15) is 8.42 Å². The zero-order chi connectivity index (χ0) is 13.7. The van der Waals surface area contributed by atoms with Gasteiger partial charge >= 0.3 is 0 Å². The summed E-state index contributed by atoms with van der Waals surface area (Å²) in [6, 6.07) is 7.26. The summed E-state index contributed by atoms with van der Waals surface area (Å²) in [5.41, 5.74) is 0.888. The van der Waals surface area contributed by atoms with Crippen LogP contribution in [0.4, 0.5) is 0 Å². The van der Waals surface area contributed by atoms with E-state index >= 15 is 0 Å². The minimum atomic E-state index is -3.31. The molecule has 2 rings (SSSR count). The van der Waals surface area contributed by atoms with Crippen molar-refractivity contribution in [1.82, 2.24) is 4.72 Å². The maximum absolute atomic E-state index is 11.9. The minimum Gasteiger partial charge on any atom is -0.493 e. The van der Waals surface area contributed by atoms with Crippen LogP contribution >= 0.6 is 0 Å². The Labute approximate surface area is 113 Å². The number of unbranched alkanes of at least 4 members (excludes halogenated alkanes) is 1. The predicted octanol–water partition coefficient (Wildman–Crippen LogP) is 1.20. The highest BCUT2D eigenvalue weighted by Crippen LogP contribution is 2.31. The van der Waals surface area contributed by atoms with E-state index in [4.69, 9.17) is 9.84 Å². The second-order valence-corrected chi connectivity index (χ2v) is 6.47. The second-order valence-electron chi connectivity index (χ2n) is 4.59. The average Bonchev–Trinajstić information content (AvgIpc) is 2.39. The lowest BCUT2D eigenvalue weighted by molar-refractivity contribution is 0.263. The van der Waals surface area contributed by atoms with Crippen LogP contribution in [0.15, 0.2) is 24.3 Å². The fourth-order valence-electron chi connectivity index (χ4n) is 2.14. The van der Waals surface area contributed by atoms with Crippen molar-refractivity contribution in [2.45, 2.75) is 25.3 Å². The van der Waals surface area contributed by atoms with Gasteiger partial charge < -0.3 is 9.84 Å². The molecule has 5 nitrogen and oxygen atoms in total. The smallest absolute Gasteiger partial charge is 0.212 e. The summed E-state index contributed by atoms with van der Waals surface area (Å²) in [5.74, 6) is 0.796. The van der Waals surface area contributed by atoms with E-state index in [1.165, 1.54) is 0 Å². The number of aliphatic hydroxyl groups excluding tert-OH is 1. The summed E-state index contributed by atoms with van der Waals surface area (Å²) in [6.07, 6.45) is 1.61. The van der Waals surface area contributed by atoms with E-state index in [0.29, 0.717) is 25.9 Å². The van der Waals surface area contributed by atoms with Crippen molar-refractivity contribution in [1.29, 1.82) is 0 Å². The highest BCUT2D eigenvalue weighted by Gasteiger charge is 2.25. The van der Waals surface area contributed by atoms with Gasteiger partial charge in [0.05, 0.1) is 18.4 Å². The van der Waals surface area contributed by atoms with Crippen molar-refractivity contribution in [2.24, 2.45) is 0 Å². The summed E-state index contributed by atoms with van der Waals surface area (Å²) >= 11 is 0. The topological polar surface area (TPSA) is 75.6 Å². The van der Waals surface area contributed by atoms with E-state index < -0.39 is 10.0 Å². The molecule has 1 unspecified atom stereocenters. The molecule has 0 fully saturated rings. The Bertz CT molecular complexity index is 515. The second kappa shape index (κ2) is 6.36. The van der Waals surface area contributed by atoms with Gasteiger partial charge in [-0.25, -0.2) is 13.1 Å². The van der Waals surface area contributed by atoms with Crippen LogP contribution in [0.2, 0.25) is 0 Å². The summed E-state index contributed by atoms with van der Waals surface area (Å²) in [6.45, 7) is 0.538. The van der Waals surface area contributed by atoms with Gasteiger partial charge in [0.2, 0.25) is 10.0 Å². The third-order valence-corrected chi connectivity index (χ3v) is 4.57. The molecule has 0 bridgehead atoms. The third kappa shape index (κ3) is 3.92. The Kier molecular flexibility index (Phi) is 4.79. The molecule has 0 amide bonds. The van der Waals surface area contributed by atoms with Crippen LogP contribution in [0, 0.1) is 0 Å². The average molecular weight is 285 g/mol. The summed E-state index contributed by atoms with van der Waals surface area (Å²) < 4.78 is 32.1. The summed E-state index contributed by atoms with van der Waals surface area (Å²) in [5, 5.41) is 8.68. The highest BCUT2D eigenvalue weighted by atomic mass is 32.2. The number of hydrogen-bond donors (Lipinski definition) is 2. The predicted molar refractivity (Wildman–Crippen MR) is 72.5 cm³/mol. The molecule has 1 heterocycles. The number of benzene rings is 1. The lowest BCUT2D eigenvalue weighted by Gasteiger charge is -2.26. The maximum Gasteiger partial charge on any atom is 0.212 e. The Balaban J connectivity index is 2.04. The zero-order valence-electron chi connectivity index (χ0n) is 10.7. The molecule has 106 valence electrons. The number of sulfonamides is 1. The van der Waals surface area contributed by atoms with Crippen molar-refractivity contribution < 1.29 is 18.3 Å². The molecular weight excluding hydrogens is 266 g/mol. The van der Waals surface area contributed by atoms with Crippen molar-refractivity contribution in [3.8, 4) is 5.75 Å². The van der Waals surface area contributed by atoms with Gasteiger partial charge in [-0.1, -0.05) is 18.2 Å². The van der Waals surface area contributed by atoms with E-state index in [2.05, 4.69) is 4.72 Å². The highest BCUT2D eigenvalue weighted by molar-refractivity contribution is 7.89. The van der Waals surface area contributed by atoms with Gasteiger partial charge in [0.25, 0.3) is 0 Å². The number of aliphatic hydroxyl groups is 1. The standard InChI is InChI=1S/C13H19NO4S/c15-8-3-4-10-19(16,17)14-12-7-9-18-13-6-2-1-5-11(12)13/h1-2,5-6,12,14-15H,3-4,7-10H2. The summed E-state index contributed by atoms with van der Waals surface area (Å²) in [4.78, 5) is 0. The van der Waals surface area contributed by atoms with Crippen LogP contribution in [0.3, 0.4) is 0 Å². The summed E-state index contributed by atoms with van der Waals surface area (Å²) in [7, 11) is -3.31. The Morgan fingerprint density at radius 3 is 2.89 bits per heavy atom. The first-order valence-electron chi connectivity index (χ1n) is 6.45. The lowest BCUT2D eigenvalue weighted by atomic mass is 10.0. The zero-order valence-corrected chi connectivity index (χ0v) is 11.5. The fraction of sp³-hybridized carbons (Fsp3) is 0.538. The first-order valence-corrected chi connectivity index (χ1v) is 8.10. The van der Waals surface area contributed by atoms with Crippen LogP contribution in [0.1, 0.15) is 30.9 Å². The normalized spacial score (nSPS) is 18.7. The van der Waals surface area contributed by atoms with E-state index in [1.807, 2.05) is 24.3 Å². The number of hydrogen-bond acceptors (Lipinski definition) is 4. The largest absolute Gasteiger partial charge is 0.493 e. The van der Waals surface area contributed by atoms with Crippen LogP contribution < -0.4 is 9.46 Å². The molecular formula is C13H19NO4S. The van der Waals surface area contributed by atoms with Crippen LogP contribution in [0.25, 0.3) is 0 Å². The van der Waals surface area contributed by atoms with Crippen molar-refractivity contribution in [3.05, 3.63) is 29.8 Å². The molecule has 0 spiro atoms. The number of rotatable bonds is 6. The molecule has 1 aromatic rings. The van der Waals surface area contributed by atoms with Crippen LogP contribution in [-0.2, 0) is 10.0 Å². The molecule has 0 aromatic heterocycles. The quantitative estimate of drug-likeness (QED) is 0.770. The lowest BCUT2D eigenvalue weighted by Crippen LogP contribution is -2.33. The molecule has 0 radical (unpaired) electrons. The van der Waals surface area contributed by atoms with Crippen LogP contribution in [-0.4, -0.2) is 32.5 Å². The Morgan fingerprint density at radius 2 is 2.11 bits per heavy atom. The van der Waals surface area contributed by atoms with Crippen LogP contribution in [0.5, 0.6) is 5.75 Å². The fourth-order valence-corrected chi connectivity index (χ4v) is 3.52. The van der Waals surface area contributed by atoms with E-state index in [0.717, 1.165) is 11.3 Å². The Hall–Kier alpha value is -1.11. The molecule has 2 N–H and O–H groups in total. The molecule has 0 saturated heterocycles. The molecule has 6 heteroatoms. The molecule has 0 aliphatic carbocycles. The molecule has 1 aromatic carbocycles. The van der Waals surface area contributed by atoms with Crippen molar-refractivity contribution in [2.75, 3.05) is 19.0 Å². The van der Waals surface area contributed by atoms with E-state index in [1.54, 1.807) is 0 Å². The number of fused-ring (bicyclic) bond motifs is 1. The first kappa shape index (κ1) is 14.3. The van der Waals surface area contributed by atoms with Crippen molar-refractivity contribution >= 4 is 10.0 Å². The molecule has 1 aliphatic rings.